The van der Waals surface area contributed by atoms with Crippen molar-refractivity contribution < 1.29 is 44.1 Å². The van der Waals surface area contributed by atoms with Crippen LogP contribution in [0.25, 0.3) is 0 Å². The number of likely N-dealkylation sites (N-methyl/N-ethyl adjacent to an activating group) is 1. The minimum absolute atomic E-state index is 0.000929. The van der Waals surface area contributed by atoms with Crippen molar-refractivity contribution in [3.63, 3.8) is 0 Å². The molecule has 0 saturated carbocycles. The number of unbranched alkanes of at least 4 members (excludes halogenated alkanes) is 3. The van der Waals surface area contributed by atoms with Gasteiger partial charge in [0.15, 0.2) is 5.11 Å². The third-order valence-electron chi connectivity index (χ3n) is 8.21. The van der Waals surface area contributed by atoms with Crippen molar-refractivity contribution in [2.75, 3.05) is 64.2 Å². The molecule has 0 radical (unpaired) electrons. The van der Waals surface area contributed by atoms with Crippen molar-refractivity contribution in [3.05, 3.63) is 29.8 Å². The van der Waals surface area contributed by atoms with Gasteiger partial charge in [0.05, 0.1) is 0 Å². The van der Waals surface area contributed by atoms with Gasteiger partial charge in [0.2, 0.25) is 11.8 Å². The zero-order valence-corrected chi connectivity index (χ0v) is 33.1. The van der Waals surface area contributed by atoms with Crippen molar-refractivity contribution in [3.8, 4) is 0 Å². The van der Waals surface area contributed by atoms with E-state index in [0.29, 0.717) is 30.9 Å². The van der Waals surface area contributed by atoms with Crippen LogP contribution in [0, 0.1) is 0 Å². The van der Waals surface area contributed by atoms with E-state index in [9.17, 15) is 33.9 Å². The number of carboxylic acids is 3. The maximum atomic E-state index is 12.8. The number of carbonyl (C=O) groups is 6. The highest BCUT2D eigenvalue weighted by Crippen LogP contribution is 2.11. The lowest BCUT2D eigenvalue weighted by Gasteiger charge is -2.18. The van der Waals surface area contributed by atoms with Crippen LogP contribution in [0.3, 0.4) is 0 Å². The number of carboxylic acid groups (broad SMARTS) is 3. The lowest BCUT2D eigenvalue weighted by atomic mass is 10.1. The van der Waals surface area contributed by atoms with E-state index >= 15 is 0 Å². The second-order valence-corrected chi connectivity index (χ2v) is 13.5. The zero-order valence-electron chi connectivity index (χ0n) is 32.3. The molecule has 316 valence electrons. The molecule has 3 atom stereocenters. The van der Waals surface area contributed by atoms with Crippen molar-refractivity contribution in [1.82, 2.24) is 42.5 Å². The van der Waals surface area contributed by atoms with Gasteiger partial charge in [-0.3, -0.25) is 19.2 Å². The van der Waals surface area contributed by atoms with Crippen LogP contribution in [0.5, 0.6) is 0 Å². The average Bonchev–Trinajstić information content (AvgIpc) is 3.14. The van der Waals surface area contributed by atoms with E-state index in [-0.39, 0.29) is 50.6 Å². The SMILES string of the molecule is CCNCCNCCNCC(N)Cc1ccc(NC(=S)NCCCCCC(=O)NC(CCC(=O)O)C(=O)NCCCCC(NC(=O)NCC(=O)O)C(=O)O)cc1. The van der Waals surface area contributed by atoms with Gasteiger partial charge in [-0.25, -0.2) is 9.59 Å². The van der Waals surface area contributed by atoms with Gasteiger partial charge in [0.25, 0.3) is 0 Å². The molecule has 56 heavy (non-hydrogen) atoms. The number of carbonyl (C=O) groups excluding carboxylic acids is 3. The molecule has 20 heteroatoms. The molecule has 3 unspecified atom stereocenters. The summed E-state index contributed by atoms with van der Waals surface area (Å²) in [5.41, 5.74) is 8.27. The number of rotatable bonds is 32. The molecule has 0 aliphatic carbocycles. The summed E-state index contributed by atoms with van der Waals surface area (Å²) >= 11 is 5.41. The molecular formula is C36H62N10O9S. The number of anilines is 1. The average molecular weight is 811 g/mol. The number of nitrogens with one attached hydrogen (secondary N) is 9. The molecule has 0 aliphatic rings. The number of hydrogen-bond acceptors (Lipinski definition) is 11. The van der Waals surface area contributed by atoms with E-state index in [1.807, 2.05) is 29.6 Å². The van der Waals surface area contributed by atoms with E-state index in [2.05, 4.69) is 49.5 Å². The summed E-state index contributed by atoms with van der Waals surface area (Å²) in [4.78, 5) is 70.2. The van der Waals surface area contributed by atoms with Gasteiger partial charge in [-0.2, -0.15) is 0 Å². The molecule has 0 heterocycles. The first-order chi connectivity index (χ1) is 26.8. The normalized spacial score (nSPS) is 12.4. The minimum atomic E-state index is -1.30. The van der Waals surface area contributed by atoms with Gasteiger partial charge < -0.3 is 68.9 Å². The Balaban J connectivity index is 2.30. The molecule has 1 rings (SSSR count). The maximum Gasteiger partial charge on any atom is 0.326 e. The Morgan fingerprint density at radius 2 is 1.36 bits per heavy atom. The highest BCUT2D eigenvalue weighted by atomic mass is 32.1. The van der Waals surface area contributed by atoms with Gasteiger partial charge in [0, 0.05) is 70.4 Å². The molecule has 0 saturated heterocycles. The predicted octanol–water partition coefficient (Wildman–Crippen LogP) is -0.335. The van der Waals surface area contributed by atoms with Crippen LogP contribution in [0.15, 0.2) is 24.3 Å². The predicted molar refractivity (Wildman–Crippen MR) is 216 cm³/mol. The summed E-state index contributed by atoms with van der Waals surface area (Å²) in [5, 5.41) is 53.3. The van der Waals surface area contributed by atoms with Gasteiger partial charge in [-0.1, -0.05) is 25.5 Å². The fourth-order valence-corrected chi connectivity index (χ4v) is 5.46. The first-order valence-corrected chi connectivity index (χ1v) is 19.5. The molecule has 1 aromatic rings. The first kappa shape index (κ1) is 49.4. The van der Waals surface area contributed by atoms with Crippen LogP contribution < -0.4 is 53.6 Å². The number of nitrogens with two attached hydrogens (primary N) is 1. The number of hydrogen-bond donors (Lipinski definition) is 13. The Labute approximate surface area is 333 Å². The lowest BCUT2D eigenvalue weighted by molar-refractivity contribution is -0.140. The standard InChI is InChI=1S/C36H62N10O9S/c1-2-38-18-19-39-20-21-40-23-26(37)22-25-10-12-27(13-11-25)44-36(56)42-17-6-3-4-9-30(47)45-28(14-15-31(48)49)33(52)41-16-7-5-8-29(34(53)54)46-35(55)43-24-32(50)51/h10-13,26,28-29,38-40H,2-9,14-24,37H2,1H3,(H,41,52)(H,45,47)(H,48,49)(H,50,51)(H,53,54)(H2,42,44,56)(H2,43,46,55). The lowest BCUT2D eigenvalue weighted by Crippen LogP contribution is -2.47. The highest BCUT2D eigenvalue weighted by Gasteiger charge is 2.22. The Morgan fingerprint density at radius 1 is 0.696 bits per heavy atom. The second-order valence-electron chi connectivity index (χ2n) is 13.1. The number of aliphatic carboxylic acids is 3. The van der Waals surface area contributed by atoms with Crippen molar-refractivity contribution in [1.29, 1.82) is 0 Å². The third kappa shape index (κ3) is 26.2. The number of urea groups is 1. The number of amides is 4. The molecule has 4 amide bonds. The largest absolute Gasteiger partial charge is 0.481 e. The van der Waals surface area contributed by atoms with E-state index in [1.54, 1.807) is 0 Å². The number of thiocarbonyl (C=S) groups is 1. The van der Waals surface area contributed by atoms with Gasteiger partial charge in [-0.05, 0) is 81.4 Å². The van der Waals surface area contributed by atoms with E-state index in [4.69, 9.17) is 28.2 Å². The van der Waals surface area contributed by atoms with Crippen LogP contribution in [0.2, 0.25) is 0 Å². The van der Waals surface area contributed by atoms with Gasteiger partial charge >= 0.3 is 23.9 Å². The second kappa shape index (κ2) is 30.6. The van der Waals surface area contributed by atoms with Gasteiger partial charge in [0.1, 0.15) is 18.6 Å². The molecule has 0 aliphatic heterocycles. The van der Waals surface area contributed by atoms with Crippen LogP contribution in [0.4, 0.5) is 10.5 Å². The Morgan fingerprint density at radius 3 is 2.02 bits per heavy atom. The van der Waals surface area contributed by atoms with Crippen LogP contribution in [-0.4, -0.2) is 133 Å². The van der Waals surface area contributed by atoms with Crippen LogP contribution in [0.1, 0.15) is 70.3 Å². The topological polar surface area (TPSA) is 297 Å². The maximum absolute atomic E-state index is 12.8. The molecule has 19 nitrogen and oxygen atoms in total. The van der Waals surface area contributed by atoms with Crippen molar-refractivity contribution in [2.24, 2.45) is 5.73 Å². The molecule has 0 spiro atoms. The summed E-state index contributed by atoms with van der Waals surface area (Å²) in [7, 11) is 0. The molecule has 14 N–H and O–H groups in total. The van der Waals surface area contributed by atoms with Crippen molar-refractivity contribution >= 4 is 58.8 Å². The smallest absolute Gasteiger partial charge is 0.326 e. The first-order valence-electron chi connectivity index (χ1n) is 19.1. The molecule has 1 aromatic carbocycles. The molecular weight excluding hydrogens is 749 g/mol. The van der Waals surface area contributed by atoms with Crippen LogP contribution >= 0.6 is 12.2 Å². The number of benzene rings is 1. The van der Waals surface area contributed by atoms with E-state index < -0.39 is 48.5 Å². The zero-order chi connectivity index (χ0) is 41.6. The fraction of sp³-hybridized carbons (Fsp3) is 0.639. The monoisotopic (exact) mass is 810 g/mol. The summed E-state index contributed by atoms with van der Waals surface area (Å²) < 4.78 is 0. The van der Waals surface area contributed by atoms with Crippen LogP contribution in [-0.2, 0) is 30.4 Å². The Bertz CT molecular complexity index is 1360. The van der Waals surface area contributed by atoms with Crippen molar-refractivity contribution in [2.45, 2.75) is 89.3 Å². The summed E-state index contributed by atoms with van der Waals surface area (Å²) in [6.45, 7) is 7.47. The van der Waals surface area contributed by atoms with Gasteiger partial charge in [-0.15, -0.1) is 0 Å². The highest BCUT2D eigenvalue weighted by molar-refractivity contribution is 7.80. The van der Waals surface area contributed by atoms with E-state index in [0.717, 1.165) is 63.4 Å². The quantitative estimate of drug-likeness (QED) is 0.0327. The Kier molecular flexibility index (Phi) is 27.0. The molecule has 0 bridgehead atoms. The summed E-state index contributed by atoms with van der Waals surface area (Å²) in [5.74, 6) is -4.66. The van der Waals surface area contributed by atoms with E-state index in [1.165, 1.54) is 0 Å². The third-order valence-corrected chi connectivity index (χ3v) is 8.46. The fourth-order valence-electron chi connectivity index (χ4n) is 5.24. The Hall–Kier alpha value is -4.63. The molecule has 0 fully saturated rings. The summed E-state index contributed by atoms with van der Waals surface area (Å²) in [6, 6.07) is 4.68. The summed E-state index contributed by atoms with van der Waals surface area (Å²) in [6.07, 6.45) is 3.07. The minimum Gasteiger partial charge on any atom is -0.481 e. The molecule has 0 aromatic heterocycles.